The zero-order valence-electron chi connectivity index (χ0n) is 15.0. The molecule has 5 heteroatoms. The van der Waals surface area contributed by atoms with E-state index in [0.717, 1.165) is 12.5 Å². The normalized spacial score (nSPS) is 24.9. The highest BCUT2D eigenvalue weighted by atomic mass is 32.1. The Kier molecular flexibility index (Phi) is 5.73. The van der Waals surface area contributed by atoms with E-state index < -0.39 is 0 Å². The van der Waals surface area contributed by atoms with Gasteiger partial charge in [0, 0.05) is 50.1 Å². The molecular weight excluding hydrogens is 304 g/mol. The zero-order chi connectivity index (χ0) is 16.3. The van der Waals surface area contributed by atoms with Crippen LogP contribution in [0.2, 0.25) is 0 Å². The Morgan fingerprint density at radius 2 is 1.96 bits per heavy atom. The molecule has 1 aromatic heterocycles. The van der Waals surface area contributed by atoms with Gasteiger partial charge in [0.1, 0.15) is 0 Å². The van der Waals surface area contributed by atoms with E-state index in [-0.39, 0.29) is 5.41 Å². The van der Waals surface area contributed by atoms with Crippen LogP contribution in [0.4, 0.5) is 0 Å². The number of nitrogens with one attached hydrogen (secondary N) is 1. The fourth-order valence-corrected chi connectivity index (χ4v) is 4.43. The Hall–Kier alpha value is -0.490. The highest BCUT2D eigenvalue weighted by molar-refractivity contribution is 7.09. The number of hydrogen-bond donors (Lipinski definition) is 1. The standard InChI is InChI=1S/C18H32N4S/c1-18(2,3)17-20-16(14-23-17)13-22-9-7-21(8-10-22)12-15-5-4-6-19-11-15/h14-15,19H,4-13H2,1-3H3. The van der Waals surface area contributed by atoms with E-state index in [4.69, 9.17) is 4.98 Å². The van der Waals surface area contributed by atoms with Crippen molar-refractivity contribution in [2.75, 3.05) is 45.8 Å². The Balaban J connectivity index is 1.43. The van der Waals surface area contributed by atoms with Crippen LogP contribution < -0.4 is 5.32 Å². The molecule has 23 heavy (non-hydrogen) atoms. The van der Waals surface area contributed by atoms with Crippen molar-refractivity contribution < 1.29 is 0 Å². The molecule has 1 unspecified atom stereocenters. The maximum atomic E-state index is 4.84. The Labute approximate surface area is 145 Å². The van der Waals surface area contributed by atoms with Gasteiger partial charge in [0.15, 0.2) is 0 Å². The van der Waals surface area contributed by atoms with Crippen molar-refractivity contribution in [3.63, 3.8) is 0 Å². The van der Waals surface area contributed by atoms with Crippen molar-refractivity contribution >= 4 is 11.3 Å². The smallest absolute Gasteiger partial charge is 0.0982 e. The number of piperazine rings is 1. The first-order chi connectivity index (χ1) is 11.0. The molecule has 2 aliphatic heterocycles. The van der Waals surface area contributed by atoms with Crippen LogP contribution in [0.5, 0.6) is 0 Å². The van der Waals surface area contributed by atoms with E-state index in [0.29, 0.717) is 0 Å². The molecule has 0 aliphatic carbocycles. The molecule has 1 aromatic rings. The quantitative estimate of drug-likeness (QED) is 0.916. The first-order valence-corrected chi connectivity index (χ1v) is 9.99. The second-order valence-corrected chi connectivity index (χ2v) is 9.04. The molecule has 4 nitrogen and oxygen atoms in total. The molecule has 3 heterocycles. The zero-order valence-corrected chi connectivity index (χ0v) is 15.8. The summed E-state index contributed by atoms with van der Waals surface area (Å²) in [6.45, 7) is 16.3. The lowest BCUT2D eigenvalue weighted by molar-refractivity contribution is 0.107. The summed E-state index contributed by atoms with van der Waals surface area (Å²) in [5.41, 5.74) is 1.43. The molecule has 130 valence electrons. The van der Waals surface area contributed by atoms with Crippen molar-refractivity contribution in [1.82, 2.24) is 20.1 Å². The van der Waals surface area contributed by atoms with Crippen LogP contribution in [-0.4, -0.2) is 60.6 Å². The summed E-state index contributed by atoms with van der Waals surface area (Å²) in [7, 11) is 0. The average molecular weight is 337 g/mol. The van der Waals surface area contributed by atoms with Gasteiger partial charge in [-0.25, -0.2) is 4.98 Å². The molecule has 1 N–H and O–H groups in total. The molecule has 1 atom stereocenters. The third-order valence-corrected chi connectivity index (χ3v) is 6.28. The Morgan fingerprint density at radius 1 is 1.22 bits per heavy atom. The summed E-state index contributed by atoms with van der Waals surface area (Å²) in [5, 5.41) is 7.05. The minimum absolute atomic E-state index is 0.176. The van der Waals surface area contributed by atoms with Gasteiger partial charge in [0.05, 0.1) is 10.7 Å². The largest absolute Gasteiger partial charge is 0.316 e. The maximum Gasteiger partial charge on any atom is 0.0982 e. The van der Waals surface area contributed by atoms with Crippen LogP contribution in [-0.2, 0) is 12.0 Å². The fourth-order valence-electron chi connectivity index (χ4n) is 3.53. The van der Waals surface area contributed by atoms with Gasteiger partial charge >= 0.3 is 0 Å². The van der Waals surface area contributed by atoms with Crippen molar-refractivity contribution in [3.8, 4) is 0 Å². The van der Waals surface area contributed by atoms with E-state index in [1.807, 2.05) is 11.3 Å². The summed E-state index contributed by atoms with van der Waals surface area (Å²) in [6, 6.07) is 0. The molecule has 0 bridgehead atoms. The van der Waals surface area contributed by atoms with Crippen LogP contribution in [0.15, 0.2) is 5.38 Å². The van der Waals surface area contributed by atoms with Gasteiger partial charge in [-0.2, -0.15) is 0 Å². The lowest BCUT2D eigenvalue weighted by Gasteiger charge is -2.37. The molecule has 0 spiro atoms. The van der Waals surface area contributed by atoms with E-state index in [1.54, 1.807) is 0 Å². The van der Waals surface area contributed by atoms with Gasteiger partial charge in [-0.05, 0) is 31.8 Å². The van der Waals surface area contributed by atoms with E-state index in [1.165, 1.54) is 69.4 Å². The predicted molar refractivity (Wildman–Crippen MR) is 98.1 cm³/mol. The molecule has 3 rings (SSSR count). The van der Waals surface area contributed by atoms with Crippen molar-refractivity contribution in [2.45, 2.75) is 45.6 Å². The summed E-state index contributed by atoms with van der Waals surface area (Å²) in [4.78, 5) is 10.1. The molecule has 2 aliphatic rings. The maximum absolute atomic E-state index is 4.84. The lowest BCUT2D eigenvalue weighted by atomic mass is 9.98. The summed E-state index contributed by atoms with van der Waals surface area (Å²) in [6.07, 6.45) is 2.76. The first kappa shape index (κ1) is 17.3. The molecule has 0 amide bonds. The number of aromatic nitrogens is 1. The van der Waals surface area contributed by atoms with Crippen molar-refractivity contribution in [3.05, 3.63) is 16.1 Å². The number of thiazole rings is 1. The van der Waals surface area contributed by atoms with Crippen LogP contribution in [0, 0.1) is 5.92 Å². The highest BCUT2D eigenvalue weighted by Gasteiger charge is 2.23. The SMILES string of the molecule is CC(C)(C)c1nc(CN2CCN(CC3CCCNC3)CC2)cs1. The second-order valence-electron chi connectivity index (χ2n) is 8.18. The fraction of sp³-hybridized carbons (Fsp3) is 0.833. The van der Waals surface area contributed by atoms with Gasteiger partial charge in [0.2, 0.25) is 0 Å². The summed E-state index contributed by atoms with van der Waals surface area (Å²) < 4.78 is 0. The monoisotopic (exact) mass is 336 g/mol. The average Bonchev–Trinajstić information content (AvgIpc) is 2.99. The number of rotatable bonds is 4. The van der Waals surface area contributed by atoms with Crippen LogP contribution in [0.3, 0.4) is 0 Å². The highest BCUT2D eigenvalue weighted by Crippen LogP contribution is 2.26. The topological polar surface area (TPSA) is 31.4 Å². The number of nitrogens with zero attached hydrogens (tertiary/aromatic N) is 3. The second kappa shape index (κ2) is 7.60. The molecule has 0 saturated carbocycles. The predicted octanol–water partition coefficient (Wildman–Crippen LogP) is 2.56. The van der Waals surface area contributed by atoms with E-state index >= 15 is 0 Å². The molecular formula is C18H32N4S. The number of piperidine rings is 1. The summed E-state index contributed by atoms with van der Waals surface area (Å²) >= 11 is 1.81. The van der Waals surface area contributed by atoms with Crippen LogP contribution in [0.25, 0.3) is 0 Å². The third-order valence-electron chi connectivity index (χ3n) is 4.96. The van der Waals surface area contributed by atoms with E-state index in [2.05, 4.69) is 41.3 Å². The minimum atomic E-state index is 0.176. The molecule has 0 aromatic carbocycles. The number of hydrogen-bond acceptors (Lipinski definition) is 5. The van der Waals surface area contributed by atoms with Crippen LogP contribution >= 0.6 is 11.3 Å². The molecule has 0 radical (unpaired) electrons. The van der Waals surface area contributed by atoms with Crippen LogP contribution in [0.1, 0.15) is 44.3 Å². The van der Waals surface area contributed by atoms with Gasteiger partial charge < -0.3 is 10.2 Å². The first-order valence-electron chi connectivity index (χ1n) is 9.11. The van der Waals surface area contributed by atoms with Gasteiger partial charge in [0.25, 0.3) is 0 Å². The molecule has 2 fully saturated rings. The van der Waals surface area contributed by atoms with Gasteiger partial charge in [-0.1, -0.05) is 20.8 Å². The van der Waals surface area contributed by atoms with Gasteiger partial charge in [-0.3, -0.25) is 4.90 Å². The Morgan fingerprint density at radius 3 is 2.57 bits per heavy atom. The lowest BCUT2D eigenvalue weighted by Crippen LogP contribution is -2.48. The summed E-state index contributed by atoms with van der Waals surface area (Å²) in [5.74, 6) is 0.864. The third kappa shape index (κ3) is 4.99. The van der Waals surface area contributed by atoms with Gasteiger partial charge in [-0.15, -0.1) is 11.3 Å². The van der Waals surface area contributed by atoms with E-state index in [9.17, 15) is 0 Å². The van der Waals surface area contributed by atoms with Crippen molar-refractivity contribution in [1.29, 1.82) is 0 Å². The Bertz CT molecular complexity index is 479. The van der Waals surface area contributed by atoms with Crippen molar-refractivity contribution in [2.24, 2.45) is 5.92 Å². The molecule has 2 saturated heterocycles. The minimum Gasteiger partial charge on any atom is -0.316 e.